The van der Waals surface area contributed by atoms with Crippen LogP contribution in [-0.4, -0.2) is 16.6 Å². The summed E-state index contributed by atoms with van der Waals surface area (Å²) in [5, 5.41) is 0.436. The monoisotopic (exact) mass is 244 g/mol. The first-order valence-electron chi connectivity index (χ1n) is 5.58. The van der Waals surface area contributed by atoms with E-state index in [2.05, 4.69) is 16.0 Å². The Morgan fingerprint density at radius 3 is 2.88 bits per heavy atom. The molecule has 17 heavy (non-hydrogen) atoms. The van der Waals surface area contributed by atoms with Gasteiger partial charge in [0.2, 0.25) is 0 Å². The van der Waals surface area contributed by atoms with Gasteiger partial charge in [-0.2, -0.15) is 0 Å². The van der Waals surface area contributed by atoms with Crippen LogP contribution in [0.1, 0.15) is 17.2 Å². The second-order valence-electron chi connectivity index (χ2n) is 3.91. The topological polar surface area (TPSA) is 35.0 Å². The van der Waals surface area contributed by atoms with Crippen molar-refractivity contribution in [3.8, 4) is 11.3 Å². The maximum atomic E-state index is 5.31. The van der Waals surface area contributed by atoms with Crippen molar-refractivity contribution in [2.24, 2.45) is 0 Å². The predicted molar refractivity (Wildman–Crippen MR) is 68.4 cm³/mol. The molecule has 0 aromatic carbocycles. The number of nitrogens with zero attached hydrogens (tertiary/aromatic N) is 2. The van der Waals surface area contributed by atoms with E-state index in [-0.39, 0.29) is 0 Å². The number of hydrogen-bond acceptors (Lipinski definition) is 4. The van der Waals surface area contributed by atoms with Crippen molar-refractivity contribution in [2.75, 3.05) is 6.61 Å². The standard InChI is InChI=1S/C13H12N2OS/c1-2-10(8-14-6-1)12-4-3-11(9-15-12)13-5-7-16-17-13/h1-4,6,8-9,13H,5,7H2. The minimum absolute atomic E-state index is 0.436. The minimum Gasteiger partial charge on any atom is -0.315 e. The van der Waals surface area contributed by atoms with Crippen molar-refractivity contribution < 1.29 is 4.18 Å². The summed E-state index contributed by atoms with van der Waals surface area (Å²) in [6.07, 6.45) is 6.60. The summed E-state index contributed by atoms with van der Waals surface area (Å²) in [6.45, 7) is 0.833. The molecule has 1 saturated heterocycles. The summed E-state index contributed by atoms with van der Waals surface area (Å²) >= 11 is 1.54. The van der Waals surface area contributed by atoms with Crippen molar-refractivity contribution >= 4 is 12.0 Å². The first kappa shape index (κ1) is 10.7. The van der Waals surface area contributed by atoms with Gasteiger partial charge in [0.05, 0.1) is 17.6 Å². The highest BCUT2D eigenvalue weighted by atomic mass is 32.2. The van der Waals surface area contributed by atoms with Crippen LogP contribution < -0.4 is 0 Å². The van der Waals surface area contributed by atoms with Crippen LogP contribution >= 0.6 is 12.0 Å². The van der Waals surface area contributed by atoms with Crippen LogP contribution in [0.25, 0.3) is 11.3 Å². The van der Waals surface area contributed by atoms with E-state index >= 15 is 0 Å². The maximum absolute atomic E-state index is 5.31. The van der Waals surface area contributed by atoms with Crippen LogP contribution in [0.5, 0.6) is 0 Å². The van der Waals surface area contributed by atoms with Crippen LogP contribution in [0.2, 0.25) is 0 Å². The predicted octanol–water partition coefficient (Wildman–Crippen LogP) is 3.25. The zero-order valence-electron chi connectivity index (χ0n) is 9.24. The van der Waals surface area contributed by atoms with E-state index in [0.717, 1.165) is 24.3 Å². The smallest absolute Gasteiger partial charge is 0.0717 e. The molecule has 3 nitrogen and oxygen atoms in total. The SMILES string of the molecule is c1cncc(-c2ccc(C3CCOS3)cn2)c1. The highest BCUT2D eigenvalue weighted by molar-refractivity contribution is 7.95. The van der Waals surface area contributed by atoms with Crippen molar-refractivity contribution in [3.63, 3.8) is 0 Å². The molecule has 1 fully saturated rings. The van der Waals surface area contributed by atoms with Gasteiger partial charge < -0.3 is 4.18 Å². The van der Waals surface area contributed by atoms with Crippen LogP contribution in [0.3, 0.4) is 0 Å². The number of rotatable bonds is 2. The van der Waals surface area contributed by atoms with Gasteiger partial charge in [-0.05, 0) is 42.2 Å². The molecular weight excluding hydrogens is 232 g/mol. The van der Waals surface area contributed by atoms with Gasteiger partial charge in [0.15, 0.2) is 0 Å². The molecule has 0 radical (unpaired) electrons. The molecule has 0 N–H and O–H groups in total. The van der Waals surface area contributed by atoms with Gasteiger partial charge in [-0.3, -0.25) is 9.97 Å². The maximum Gasteiger partial charge on any atom is 0.0717 e. The molecule has 86 valence electrons. The van der Waals surface area contributed by atoms with Crippen molar-refractivity contribution in [1.29, 1.82) is 0 Å². The van der Waals surface area contributed by atoms with Gasteiger partial charge in [0.25, 0.3) is 0 Å². The van der Waals surface area contributed by atoms with E-state index in [1.54, 1.807) is 18.2 Å². The Bertz CT molecular complexity index is 481. The Labute approximate surface area is 104 Å². The number of hydrogen-bond donors (Lipinski definition) is 0. The van der Waals surface area contributed by atoms with Gasteiger partial charge in [-0.25, -0.2) is 0 Å². The average molecular weight is 244 g/mol. The molecule has 1 unspecified atom stereocenters. The molecule has 0 bridgehead atoms. The van der Waals surface area contributed by atoms with E-state index in [0.29, 0.717) is 5.25 Å². The second kappa shape index (κ2) is 4.85. The third-order valence-electron chi connectivity index (χ3n) is 2.76. The Hall–Kier alpha value is -1.39. The molecule has 1 atom stereocenters. The molecule has 0 aliphatic carbocycles. The molecule has 0 spiro atoms. The second-order valence-corrected chi connectivity index (χ2v) is 4.91. The van der Waals surface area contributed by atoms with Gasteiger partial charge in [0, 0.05) is 24.2 Å². The summed E-state index contributed by atoms with van der Waals surface area (Å²) in [5.74, 6) is 0. The molecule has 4 heteroatoms. The zero-order chi connectivity index (χ0) is 11.5. The molecule has 1 aliphatic heterocycles. The Kier molecular flexibility index (Phi) is 3.07. The van der Waals surface area contributed by atoms with Crippen LogP contribution in [0.15, 0.2) is 42.9 Å². The Morgan fingerprint density at radius 1 is 1.24 bits per heavy atom. The van der Waals surface area contributed by atoms with Gasteiger partial charge in [-0.15, -0.1) is 0 Å². The van der Waals surface area contributed by atoms with Crippen molar-refractivity contribution in [3.05, 3.63) is 48.4 Å². The quantitative estimate of drug-likeness (QED) is 0.760. The lowest BCUT2D eigenvalue weighted by Gasteiger charge is -2.07. The zero-order valence-corrected chi connectivity index (χ0v) is 10.1. The van der Waals surface area contributed by atoms with Crippen molar-refractivity contribution in [2.45, 2.75) is 11.7 Å². The molecule has 1 aliphatic rings. The van der Waals surface area contributed by atoms with Gasteiger partial charge in [-0.1, -0.05) is 6.07 Å². The lowest BCUT2D eigenvalue weighted by molar-refractivity contribution is 0.401. The van der Waals surface area contributed by atoms with Crippen LogP contribution in [-0.2, 0) is 4.18 Å². The summed E-state index contributed by atoms with van der Waals surface area (Å²) in [5.41, 5.74) is 3.25. The molecule has 0 amide bonds. The van der Waals surface area contributed by atoms with E-state index in [4.69, 9.17) is 4.18 Å². The van der Waals surface area contributed by atoms with Crippen LogP contribution in [0, 0.1) is 0 Å². The average Bonchev–Trinajstić information content (AvgIpc) is 2.94. The fourth-order valence-corrected chi connectivity index (χ4v) is 2.64. The molecule has 3 rings (SSSR count). The lowest BCUT2D eigenvalue weighted by atomic mass is 10.1. The van der Waals surface area contributed by atoms with E-state index in [9.17, 15) is 0 Å². The molecule has 0 saturated carbocycles. The summed E-state index contributed by atoms with van der Waals surface area (Å²) in [6, 6.07) is 8.11. The fraction of sp³-hybridized carbons (Fsp3) is 0.231. The molecule has 2 aromatic rings. The molecule has 2 aromatic heterocycles. The number of aromatic nitrogens is 2. The normalized spacial score (nSPS) is 19.4. The summed E-state index contributed by atoms with van der Waals surface area (Å²) < 4.78 is 5.31. The Morgan fingerprint density at radius 2 is 2.24 bits per heavy atom. The van der Waals surface area contributed by atoms with Crippen LogP contribution in [0.4, 0.5) is 0 Å². The molecular formula is C13H12N2OS. The summed E-state index contributed by atoms with van der Waals surface area (Å²) in [4.78, 5) is 8.58. The summed E-state index contributed by atoms with van der Waals surface area (Å²) in [7, 11) is 0. The third-order valence-corrected chi connectivity index (χ3v) is 3.81. The van der Waals surface area contributed by atoms with E-state index in [1.807, 2.05) is 30.6 Å². The van der Waals surface area contributed by atoms with Gasteiger partial charge >= 0.3 is 0 Å². The van der Waals surface area contributed by atoms with Crippen molar-refractivity contribution in [1.82, 2.24) is 9.97 Å². The van der Waals surface area contributed by atoms with E-state index in [1.165, 1.54) is 5.56 Å². The third kappa shape index (κ3) is 2.33. The lowest BCUT2D eigenvalue weighted by Crippen LogP contribution is -1.92. The highest BCUT2D eigenvalue weighted by Gasteiger charge is 2.19. The highest BCUT2D eigenvalue weighted by Crippen LogP contribution is 2.38. The first-order valence-corrected chi connectivity index (χ1v) is 6.38. The van der Waals surface area contributed by atoms with Gasteiger partial charge in [0.1, 0.15) is 0 Å². The minimum atomic E-state index is 0.436. The Balaban J connectivity index is 1.85. The largest absolute Gasteiger partial charge is 0.315 e. The fourth-order valence-electron chi connectivity index (χ4n) is 1.84. The van der Waals surface area contributed by atoms with E-state index < -0.39 is 0 Å². The number of pyridine rings is 2. The molecule has 3 heterocycles. The first-order chi connectivity index (χ1) is 8.43.